The number of hydrogen-bond acceptors (Lipinski definition) is 5. The molecule has 2 aromatic carbocycles. The summed E-state index contributed by atoms with van der Waals surface area (Å²) in [5.74, 6) is 0.792. The van der Waals surface area contributed by atoms with E-state index in [1.54, 1.807) is 30.3 Å². The van der Waals surface area contributed by atoms with E-state index >= 15 is 0 Å². The molecule has 2 unspecified atom stereocenters. The molecule has 2 atom stereocenters. The summed E-state index contributed by atoms with van der Waals surface area (Å²) in [5, 5.41) is 9.71. The maximum absolute atomic E-state index is 13.2. The van der Waals surface area contributed by atoms with Crippen molar-refractivity contribution in [1.82, 2.24) is 20.5 Å². The minimum Gasteiger partial charge on any atom is -0.485 e. The lowest BCUT2D eigenvalue weighted by Crippen LogP contribution is -2.53. The van der Waals surface area contributed by atoms with Gasteiger partial charge in [0.15, 0.2) is 0 Å². The first-order valence-corrected chi connectivity index (χ1v) is 11.8. The number of halogens is 1. The highest BCUT2D eigenvalue weighted by Gasteiger charge is 2.24. The fraction of sp³-hybridized carbons (Fsp3) is 0.269. The first-order valence-electron chi connectivity index (χ1n) is 11.4. The van der Waals surface area contributed by atoms with Crippen molar-refractivity contribution >= 4 is 29.4 Å². The van der Waals surface area contributed by atoms with Gasteiger partial charge in [-0.15, -0.1) is 0 Å². The molecule has 1 saturated heterocycles. The second kappa shape index (κ2) is 11.7. The van der Waals surface area contributed by atoms with Crippen LogP contribution in [-0.4, -0.2) is 54.6 Å². The first-order chi connectivity index (χ1) is 17.0. The topological polar surface area (TPSA) is 95.6 Å². The summed E-state index contributed by atoms with van der Waals surface area (Å²) in [6.07, 6.45) is 2.15. The summed E-state index contributed by atoms with van der Waals surface area (Å²) in [6.45, 7) is 1.54. The number of carbonyl (C=O) groups excluding carboxylic acids is 2. The van der Waals surface area contributed by atoms with E-state index < -0.39 is 6.04 Å². The average molecular weight is 494 g/mol. The van der Waals surface area contributed by atoms with Crippen molar-refractivity contribution in [2.24, 2.45) is 0 Å². The van der Waals surface area contributed by atoms with Gasteiger partial charge in [0.25, 0.3) is 0 Å². The highest BCUT2D eigenvalue weighted by atomic mass is 35.5. The van der Waals surface area contributed by atoms with E-state index in [1.165, 1.54) is 0 Å². The maximum Gasteiger partial charge on any atom is 0.317 e. The number of nitrogens with zero attached hydrogens (tertiary/aromatic N) is 2. The Hall–Kier alpha value is -3.62. The van der Waals surface area contributed by atoms with Gasteiger partial charge in [-0.2, -0.15) is 0 Å². The van der Waals surface area contributed by atoms with Crippen LogP contribution in [0, 0.1) is 0 Å². The Labute approximate surface area is 209 Å². The summed E-state index contributed by atoms with van der Waals surface area (Å²) in [7, 11) is 1.72. The molecule has 1 fully saturated rings. The number of aromatic nitrogens is 1. The number of urea groups is 1. The van der Waals surface area contributed by atoms with E-state index in [0.717, 1.165) is 17.5 Å². The monoisotopic (exact) mass is 493 g/mol. The van der Waals surface area contributed by atoms with Crippen molar-refractivity contribution in [1.29, 1.82) is 0 Å². The van der Waals surface area contributed by atoms with E-state index in [1.807, 2.05) is 54.6 Å². The molecule has 1 aliphatic rings. The number of likely N-dealkylation sites (N-methyl/N-ethyl adjacent to an activating group) is 1. The second-order valence-electron chi connectivity index (χ2n) is 8.35. The number of nitrogens with one attached hydrogen (secondary N) is 3. The lowest BCUT2D eigenvalue weighted by Gasteiger charge is -2.30. The van der Waals surface area contributed by atoms with Crippen molar-refractivity contribution in [3.05, 3.63) is 89.1 Å². The Morgan fingerprint density at radius 2 is 1.94 bits per heavy atom. The fourth-order valence-corrected chi connectivity index (χ4v) is 3.93. The first kappa shape index (κ1) is 24.5. The molecule has 0 saturated carbocycles. The van der Waals surface area contributed by atoms with E-state index in [4.69, 9.17) is 16.3 Å². The standard InChI is InChI=1S/C26H28ClN5O3/c1-32-17-22(16-30-26(32)34)35-21-11-12-23(29-15-21)31-25(33)24(19-5-3-2-4-6-19)28-14-13-18-7-9-20(27)10-8-18/h2-12,15,22,24,28H,13-14,16-17H2,1H3,(H,30,34)(H,29,31,33). The molecule has 0 bridgehead atoms. The van der Waals surface area contributed by atoms with Gasteiger partial charge in [-0.3, -0.25) is 4.79 Å². The SMILES string of the molecule is CN1CC(Oc2ccc(NC(=O)C(NCCc3ccc(Cl)cc3)c3ccccc3)nc2)CNC1=O. The summed E-state index contributed by atoms with van der Waals surface area (Å²) >= 11 is 5.97. The summed E-state index contributed by atoms with van der Waals surface area (Å²) < 4.78 is 5.90. The van der Waals surface area contributed by atoms with E-state index in [2.05, 4.69) is 20.9 Å². The van der Waals surface area contributed by atoms with Crippen molar-refractivity contribution in [2.75, 3.05) is 32.0 Å². The molecular weight excluding hydrogens is 466 g/mol. The predicted molar refractivity (Wildman–Crippen MR) is 136 cm³/mol. The zero-order chi connectivity index (χ0) is 24.6. The van der Waals surface area contributed by atoms with Crippen molar-refractivity contribution in [3.8, 4) is 5.75 Å². The highest BCUT2D eigenvalue weighted by molar-refractivity contribution is 6.30. The number of carbonyl (C=O) groups is 2. The maximum atomic E-state index is 13.2. The van der Waals surface area contributed by atoms with Gasteiger partial charge in [0.05, 0.1) is 19.3 Å². The third kappa shape index (κ3) is 6.94. The molecule has 3 amide bonds. The number of hydrogen-bond donors (Lipinski definition) is 3. The minimum absolute atomic E-state index is 0.115. The molecule has 1 aromatic heterocycles. The van der Waals surface area contributed by atoms with Gasteiger partial charge in [0.1, 0.15) is 23.7 Å². The van der Waals surface area contributed by atoms with Crippen molar-refractivity contribution < 1.29 is 14.3 Å². The van der Waals surface area contributed by atoms with Gasteiger partial charge in [-0.25, -0.2) is 9.78 Å². The van der Waals surface area contributed by atoms with Gasteiger partial charge in [-0.05, 0) is 41.8 Å². The van der Waals surface area contributed by atoms with Gasteiger partial charge < -0.3 is 25.6 Å². The Morgan fingerprint density at radius 3 is 2.63 bits per heavy atom. The fourth-order valence-electron chi connectivity index (χ4n) is 3.80. The summed E-state index contributed by atoms with van der Waals surface area (Å²) in [4.78, 5) is 30.6. The van der Waals surface area contributed by atoms with Crippen LogP contribution in [0.5, 0.6) is 5.75 Å². The normalized spacial score (nSPS) is 16.3. The van der Waals surface area contributed by atoms with Gasteiger partial charge in [0, 0.05) is 18.6 Å². The molecule has 4 rings (SSSR count). The van der Waals surface area contributed by atoms with Crippen LogP contribution in [0.3, 0.4) is 0 Å². The van der Waals surface area contributed by atoms with Gasteiger partial charge in [0.2, 0.25) is 5.91 Å². The van der Waals surface area contributed by atoms with E-state index in [0.29, 0.717) is 36.2 Å². The minimum atomic E-state index is -0.539. The molecule has 2 heterocycles. The molecule has 3 N–H and O–H groups in total. The molecule has 0 spiro atoms. The molecular formula is C26H28ClN5O3. The van der Waals surface area contributed by atoms with Crippen LogP contribution in [0.1, 0.15) is 17.2 Å². The second-order valence-corrected chi connectivity index (χ2v) is 8.79. The smallest absolute Gasteiger partial charge is 0.317 e. The van der Waals surface area contributed by atoms with Crippen LogP contribution in [-0.2, 0) is 11.2 Å². The third-order valence-corrected chi connectivity index (χ3v) is 5.92. The quantitative estimate of drug-likeness (QED) is 0.423. The Bertz CT molecular complexity index is 1130. The lowest BCUT2D eigenvalue weighted by atomic mass is 10.1. The molecule has 1 aliphatic heterocycles. The molecule has 182 valence electrons. The number of amides is 3. The Kier molecular flexibility index (Phi) is 8.18. The van der Waals surface area contributed by atoms with Crippen molar-refractivity contribution in [2.45, 2.75) is 18.6 Å². The number of rotatable bonds is 9. The zero-order valence-corrected chi connectivity index (χ0v) is 20.2. The van der Waals surface area contributed by atoms with Crippen LogP contribution in [0.2, 0.25) is 5.02 Å². The van der Waals surface area contributed by atoms with Crippen molar-refractivity contribution in [3.63, 3.8) is 0 Å². The molecule has 0 radical (unpaired) electrons. The molecule has 8 nitrogen and oxygen atoms in total. The average Bonchev–Trinajstić information content (AvgIpc) is 2.87. The lowest BCUT2D eigenvalue weighted by molar-refractivity contribution is -0.118. The molecule has 9 heteroatoms. The van der Waals surface area contributed by atoms with Gasteiger partial charge >= 0.3 is 6.03 Å². The number of anilines is 1. The third-order valence-electron chi connectivity index (χ3n) is 5.67. The van der Waals surface area contributed by atoms with Crippen LogP contribution >= 0.6 is 11.6 Å². The van der Waals surface area contributed by atoms with Crippen LogP contribution in [0.4, 0.5) is 10.6 Å². The van der Waals surface area contributed by atoms with Crippen LogP contribution < -0.4 is 20.7 Å². The van der Waals surface area contributed by atoms with E-state index in [-0.39, 0.29) is 18.0 Å². The van der Waals surface area contributed by atoms with Gasteiger partial charge in [-0.1, -0.05) is 54.1 Å². The molecule has 35 heavy (non-hydrogen) atoms. The van der Waals surface area contributed by atoms with Crippen LogP contribution in [0.15, 0.2) is 72.9 Å². The predicted octanol–water partition coefficient (Wildman–Crippen LogP) is 3.65. The molecule has 0 aliphatic carbocycles. The summed E-state index contributed by atoms with van der Waals surface area (Å²) in [5.41, 5.74) is 2.00. The summed E-state index contributed by atoms with van der Waals surface area (Å²) in [6, 6.07) is 20.1. The molecule has 3 aromatic rings. The Morgan fingerprint density at radius 1 is 1.17 bits per heavy atom. The zero-order valence-electron chi connectivity index (χ0n) is 19.4. The van der Waals surface area contributed by atoms with Crippen LogP contribution in [0.25, 0.3) is 0 Å². The Balaban J connectivity index is 1.36. The number of benzene rings is 2. The highest BCUT2D eigenvalue weighted by Crippen LogP contribution is 2.19. The largest absolute Gasteiger partial charge is 0.485 e. The number of ether oxygens (including phenoxy) is 1. The number of pyridine rings is 1. The van der Waals surface area contributed by atoms with E-state index in [9.17, 15) is 9.59 Å².